The van der Waals surface area contributed by atoms with Gasteiger partial charge in [0.2, 0.25) is 0 Å². The molecule has 0 aromatic heterocycles. The standard InChI is InChI=1S/C23H22F3N/c1-21(2,23(24,25)26)16-9-7-15(8-10-16)14-5-3-13(4-6-14)12-27-19-17-11-18-20(27)22(17,18)19/h3-10,17-20H,11-12H2,1-2H3/t17-,18?,19?,20?,22?/m0/s1. The van der Waals surface area contributed by atoms with Gasteiger partial charge in [0.1, 0.15) is 0 Å². The largest absolute Gasteiger partial charge is 0.397 e. The number of benzene rings is 2. The molecule has 0 amide bonds. The van der Waals surface area contributed by atoms with E-state index in [1.807, 2.05) is 0 Å². The lowest BCUT2D eigenvalue weighted by Crippen LogP contribution is -2.39. The van der Waals surface area contributed by atoms with Gasteiger partial charge in [0, 0.05) is 24.0 Å². The van der Waals surface area contributed by atoms with Crippen LogP contribution in [0.2, 0.25) is 0 Å². The van der Waals surface area contributed by atoms with Crippen LogP contribution < -0.4 is 0 Å². The van der Waals surface area contributed by atoms with E-state index in [9.17, 15) is 13.2 Å². The van der Waals surface area contributed by atoms with Crippen molar-refractivity contribution in [3.63, 3.8) is 0 Å². The zero-order valence-electron chi connectivity index (χ0n) is 15.4. The summed E-state index contributed by atoms with van der Waals surface area (Å²) in [4.78, 5) is 2.68. The first-order chi connectivity index (χ1) is 12.8. The summed E-state index contributed by atoms with van der Waals surface area (Å²) in [5, 5.41) is 0. The van der Waals surface area contributed by atoms with Crippen LogP contribution in [-0.4, -0.2) is 23.2 Å². The van der Waals surface area contributed by atoms with Crippen molar-refractivity contribution in [2.24, 2.45) is 17.3 Å². The molecule has 4 fully saturated rings. The molecule has 5 atom stereocenters. The molecule has 3 saturated carbocycles. The molecule has 4 unspecified atom stereocenters. The van der Waals surface area contributed by atoms with Gasteiger partial charge in [-0.05, 0) is 54.4 Å². The van der Waals surface area contributed by atoms with Gasteiger partial charge in [-0.15, -0.1) is 0 Å². The SMILES string of the molecule is CC(C)(c1ccc(-c2ccc(CN3C4C5C[C@H]6C3C546)cc2)cc1)C(F)(F)F. The Morgan fingerprint density at radius 3 is 1.85 bits per heavy atom. The van der Waals surface area contributed by atoms with Gasteiger partial charge in [0.15, 0.2) is 0 Å². The van der Waals surface area contributed by atoms with Crippen LogP contribution in [0.25, 0.3) is 11.1 Å². The first-order valence-electron chi connectivity index (χ1n) is 9.78. The molecule has 27 heavy (non-hydrogen) atoms. The molecule has 1 nitrogen and oxygen atoms in total. The van der Waals surface area contributed by atoms with E-state index in [4.69, 9.17) is 0 Å². The summed E-state index contributed by atoms with van der Waals surface area (Å²) >= 11 is 0. The van der Waals surface area contributed by atoms with Crippen LogP contribution in [0.4, 0.5) is 13.2 Å². The van der Waals surface area contributed by atoms with Crippen molar-refractivity contribution < 1.29 is 13.2 Å². The van der Waals surface area contributed by atoms with Crippen LogP contribution in [-0.2, 0) is 12.0 Å². The Bertz CT molecular complexity index is 906. The molecule has 0 radical (unpaired) electrons. The fourth-order valence-corrected chi connectivity index (χ4v) is 6.21. The Morgan fingerprint density at radius 1 is 0.889 bits per heavy atom. The average molecular weight is 369 g/mol. The molecule has 1 saturated heterocycles. The number of fused-ring (bicyclic) bond motifs is 2. The fraction of sp³-hybridized carbons (Fsp3) is 0.478. The van der Waals surface area contributed by atoms with Gasteiger partial charge in [0.05, 0.1) is 5.41 Å². The third-order valence-corrected chi connectivity index (χ3v) is 8.04. The van der Waals surface area contributed by atoms with Gasteiger partial charge in [-0.2, -0.15) is 13.2 Å². The van der Waals surface area contributed by atoms with Crippen molar-refractivity contribution in [1.29, 1.82) is 0 Å². The molecule has 4 heteroatoms. The first kappa shape index (κ1) is 16.2. The molecular weight excluding hydrogens is 347 g/mol. The van der Waals surface area contributed by atoms with Crippen LogP contribution >= 0.6 is 0 Å². The molecule has 1 aliphatic heterocycles. The Labute approximate surface area is 157 Å². The van der Waals surface area contributed by atoms with Gasteiger partial charge >= 0.3 is 6.18 Å². The highest BCUT2D eigenvalue weighted by atomic mass is 19.4. The second-order valence-electron chi connectivity index (χ2n) is 9.41. The lowest BCUT2D eigenvalue weighted by molar-refractivity contribution is -0.180. The van der Waals surface area contributed by atoms with E-state index in [1.165, 1.54) is 25.8 Å². The van der Waals surface area contributed by atoms with Crippen molar-refractivity contribution in [1.82, 2.24) is 4.90 Å². The number of hydrogen-bond acceptors (Lipinski definition) is 1. The Balaban J connectivity index is 1.17. The van der Waals surface area contributed by atoms with Crippen molar-refractivity contribution in [2.75, 3.05) is 0 Å². The quantitative estimate of drug-likeness (QED) is 0.698. The number of rotatable bonds is 4. The molecule has 4 aliphatic rings. The molecule has 1 spiro atoms. The summed E-state index contributed by atoms with van der Waals surface area (Å²) in [6, 6.07) is 17.1. The second-order valence-corrected chi connectivity index (χ2v) is 9.41. The lowest BCUT2D eigenvalue weighted by Gasteiger charge is -2.30. The van der Waals surface area contributed by atoms with Gasteiger partial charge in [-0.1, -0.05) is 48.5 Å². The van der Waals surface area contributed by atoms with Crippen LogP contribution in [0.15, 0.2) is 48.5 Å². The minimum atomic E-state index is -4.26. The lowest BCUT2D eigenvalue weighted by atomic mass is 9.83. The summed E-state index contributed by atoms with van der Waals surface area (Å²) in [5.74, 6) is 2.04. The average Bonchev–Trinajstić information content (AvgIpc) is 3.31. The molecule has 6 rings (SSSR count). The molecule has 1 heterocycles. The minimum absolute atomic E-state index is 0.295. The zero-order chi connectivity index (χ0) is 18.8. The predicted molar refractivity (Wildman–Crippen MR) is 98.1 cm³/mol. The van der Waals surface area contributed by atoms with Crippen LogP contribution in [0.3, 0.4) is 0 Å². The van der Waals surface area contributed by atoms with E-state index in [1.54, 1.807) is 24.3 Å². The van der Waals surface area contributed by atoms with Gasteiger partial charge < -0.3 is 0 Å². The van der Waals surface area contributed by atoms with Crippen molar-refractivity contribution in [3.05, 3.63) is 59.7 Å². The maximum atomic E-state index is 13.2. The summed E-state index contributed by atoms with van der Waals surface area (Å²) in [5.41, 5.74) is 2.61. The topological polar surface area (TPSA) is 3.24 Å². The van der Waals surface area contributed by atoms with Crippen LogP contribution in [0.1, 0.15) is 31.4 Å². The van der Waals surface area contributed by atoms with Crippen molar-refractivity contribution in [3.8, 4) is 11.1 Å². The highest BCUT2D eigenvalue weighted by Gasteiger charge is 3.01. The monoisotopic (exact) mass is 369 g/mol. The molecular formula is C23H22F3N. The third-order valence-electron chi connectivity index (χ3n) is 8.04. The van der Waals surface area contributed by atoms with E-state index in [0.29, 0.717) is 5.56 Å². The van der Waals surface area contributed by atoms with E-state index in [0.717, 1.165) is 47.0 Å². The van der Waals surface area contributed by atoms with Gasteiger partial charge in [-0.25, -0.2) is 0 Å². The van der Waals surface area contributed by atoms with Gasteiger partial charge in [-0.3, -0.25) is 4.90 Å². The highest BCUT2D eigenvalue weighted by molar-refractivity contribution is 5.64. The summed E-state index contributed by atoms with van der Waals surface area (Å²) in [7, 11) is 0. The van der Waals surface area contributed by atoms with E-state index >= 15 is 0 Å². The van der Waals surface area contributed by atoms with E-state index in [-0.39, 0.29) is 0 Å². The highest BCUT2D eigenvalue weighted by Crippen LogP contribution is 2.96. The maximum absolute atomic E-state index is 13.2. The summed E-state index contributed by atoms with van der Waals surface area (Å²) in [6.45, 7) is 3.50. The summed E-state index contributed by atoms with van der Waals surface area (Å²) < 4.78 is 39.6. The first-order valence-corrected chi connectivity index (χ1v) is 9.78. The summed E-state index contributed by atoms with van der Waals surface area (Å²) in [6.07, 6.45) is -2.78. The van der Waals surface area contributed by atoms with E-state index < -0.39 is 11.6 Å². The van der Waals surface area contributed by atoms with E-state index in [2.05, 4.69) is 29.2 Å². The number of halogens is 3. The molecule has 140 valence electrons. The molecule has 0 N–H and O–H groups in total. The number of nitrogens with zero attached hydrogens (tertiary/aromatic N) is 1. The second kappa shape index (κ2) is 4.60. The maximum Gasteiger partial charge on any atom is 0.397 e. The van der Waals surface area contributed by atoms with Gasteiger partial charge in [0.25, 0.3) is 0 Å². The van der Waals surface area contributed by atoms with Crippen LogP contribution in [0.5, 0.6) is 0 Å². The zero-order valence-corrected chi connectivity index (χ0v) is 15.4. The number of likely N-dealkylation sites (tertiary alicyclic amines) is 1. The predicted octanol–water partition coefficient (Wildman–Crippen LogP) is 5.40. The number of hydrogen-bond donors (Lipinski definition) is 0. The molecule has 2 aromatic carbocycles. The minimum Gasteiger partial charge on any atom is -0.291 e. The van der Waals surface area contributed by atoms with Crippen LogP contribution in [0, 0.1) is 17.3 Å². The molecule has 3 aliphatic carbocycles. The molecule has 2 aromatic rings. The molecule has 0 bridgehead atoms. The number of piperidine rings is 2. The Hall–Kier alpha value is -1.81. The number of alkyl halides is 3. The normalized spacial score (nSPS) is 35.6. The smallest absolute Gasteiger partial charge is 0.291 e. The fourth-order valence-electron chi connectivity index (χ4n) is 6.21. The van der Waals surface area contributed by atoms with Crippen molar-refractivity contribution in [2.45, 2.75) is 50.5 Å². The third kappa shape index (κ3) is 1.81. The van der Waals surface area contributed by atoms with Crippen molar-refractivity contribution >= 4 is 0 Å². The Morgan fingerprint density at radius 2 is 1.41 bits per heavy atom. The Kier molecular flexibility index (Phi) is 2.75.